The quantitative estimate of drug-likeness (QED) is 0.149. The van der Waals surface area contributed by atoms with Gasteiger partial charge < -0.3 is 26.1 Å². The number of carbonyl (C=O) groups excluding carboxylic acids is 3. The van der Waals surface area contributed by atoms with Gasteiger partial charge in [0.1, 0.15) is 17.5 Å². The molecule has 1 saturated carbocycles. The van der Waals surface area contributed by atoms with Gasteiger partial charge in [-0.15, -0.1) is 0 Å². The molecule has 12 nitrogen and oxygen atoms in total. The molecule has 1 saturated heterocycles. The van der Waals surface area contributed by atoms with E-state index in [1.165, 1.54) is 43.3 Å². The lowest BCUT2D eigenvalue weighted by molar-refractivity contribution is -0.128. The number of aromatic amines is 1. The molecule has 0 radical (unpaired) electrons. The first-order valence-electron chi connectivity index (χ1n) is 16.1. The number of sulfonamides is 1. The van der Waals surface area contributed by atoms with Crippen LogP contribution in [0.4, 0.5) is 10.5 Å². The average Bonchev–Trinajstić information content (AvgIpc) is 3.60. The number of aromatic nitrogens is 1. The fourth-order valence-electron chi connectivity index (χ4n) is 6.76. The third-order valence-electron chi connectivity index (χ3n) is 9.35. The van der Waals surface area contributed by atoms with Crippen molar-refractivity contribution in [3.05, 3.63) is 83.0 Å². The van der Waals surface area contributed by atoms with Crippen molar-refractivity contribution in [1.82, 2.24) is 19.1 Å². The van der Waals surface area contributed by atoms with Gasteiger partial charge in [0.2, 0.25) is 0 Å². The number of amides is 4. The molecule has 4 aromatic rings. The first-order valence-corrected chi connectivity index (χ1v) is 17.9. The molecule has 2 heterocycles. The maximum absolute atomic E-state index is 14.5. The molecule has 49 heavy (non-hydrogen) atoms. The molecule has 258 valence electrons. The molecule has 5 N–H and O–H groups in total. The molecule has 1 aliphatic heterocycles. The van der Waals surface area contributed by atoms with Crippen molar-refractivity contribution in [2.45, 2.75) is 43.0 Å². The van der Waals surface area contributed by atoms with Gasteiger partial charge in [-0.05, 0) is 79.6 Å². The Kier molecular flexibility index (Phi) is 9.61. The van der Waals surface area contributed by atoms with Crippen molar-refractivity contribution >= 4 is 56.1 Å². The molecule has 3 atom stereocenters. The van der Waals surface area contributed by atoms with E-state index in [1.54, 1.807) is 18.3 Å². The standard InChI is InChI=1S/C35H39ClN6O6S/c1-40(2)33(43)27-17-25(11-13-32(27)48-24-10-12-29(38)28(36)16-24)49(46,47)42-31(15-23-19-39-30-9-4-3-8-26(23)30)34(44)41(35(42)45)20-22-7-5-6-21(14-22)18-37/h3-4,8-13,16-17,19,21-22,31,39H,5-7,14-15,18,20,37-38H2,1-2H3. The van der Waals surface area contributed by atoms with E-state index in [1.807, 2.05) is 24.3 Å². The summed E-state index contributed by atoms with van der Waals surface area (Å²) in [5, 5.41) is 1.06. The van der Waals surface area contributed by atoms with Crippen LogP contribution >= 0.6 is 11.6 Å². The number of para-hydroxylation sites is 1. The molecular formula is C35H39ClN6O6S. The van der Waals surface area contributed by atoms with Gasteiger partial charge in [0, 0.05) is 50.2 Å². The number of hydrogen-bond donors (Lipinski definition) is 3. The number of urea groups is 1. The second-order valence-corrected chi connectivity index (χ2v) is 15.1. The van der Waals surface area contributed by atoms with Crippen LogP contribution in [0.1, 0.15) is 41.6 Å². The van der Waals surface area contributed by atoms with E-state index in [9.17, 15) is 22.8 Å². The zero-order chi connectivity index (χ0) is 35.0. The minimum Gasteiger partial charge on any atom is -0.456 e. The highest BCUT2D eigenvalue weighted by atomic mass is 35.5. The molecule has 0 spiro atoms. The van der Waals surface area contributed by atoms with Gasteiger partial charge in [-0.3, -0.25) is 14.5 Å². The van der Waals surface area contributed by atoms with E-state index in [2.05, 4.69) is 4.98 Å². The number of nitrogens with zero attached hydrogens (tertiary/aromatic N) is 3. The second-order valence-electron chi connectivity index (χ2n) is 12.9. The predicted molar refractivity (Wildman–Crippen MR) is 187 cm³/mol. The summed E-state index contributed by atoms with van der Waals surface area (Å²) < 4.78 is 35.7. The van der Waals surface area contributed by atoms with Gasteiger partial charge in [-0.25, -0.2) is 17.5 Å². The summed E-state index contributed by atoms with van der Waals surface area (Å²) in [6.07, 6.45) is 5.16. The van der Waals surface area contributed by atoms with Gasteiger partial charge in [0.25, 0.3) is 21.8 Å². The highest BCUT2D eigenvalue weighted by Gasteiger charge is 2.52. The number of nitrogen functional groups attached to an aromatic ring is 1. The Labute approximate surface area is 290 Å². The molecule has 3 unspecified atom stereocenters. The van der Waals surface area contributed by atoms with Crippen LogP contribution in [0.15, 0.2) is 71.8 Å². The highest BCUT2D eigenvalue weighted by molar-refractivity contribution is 7.89. The van der Waals surface area contributed by atoms with Crippen molar-refractivity contribution < 1.29 is 27.5 Å². The van der Waals surface area contributed by atoms with E-state index < -0.39 is 33.9 Å². The number of imide groups is 1. The maximum atomic E-state index is 14.5. The van der Waals surface area contributed by atoms with Crippen molar-refractivity contribution in [2.24, 2.45) is 17.6 Å². The minimum absolute atomic E-state index is 0.00850. The van der Waals surface area contributed by atoms with E-state index in [-0.39, 0.29) is 51.8 Å². The van der Waals surface area contributed by atoms with Crippen molar-refractivity contribution in [1.29, 1.82) is 0 Å². The molecule has 0 bridgehead atoms. The predicted octanol–water partition coefficient (Wildman–Crippen LogP) is 5.23. The molecule has 4 amide bonds. The molecule has 3 aromatic carbocycles. The lowest BCUT2D eigenvalue weighted by atomic mass is 9.81. The Morgan fingerprint density at radius 3 is 2.55 bits per heavy atom. The minimum atomic E-state index is -4.67. The lowest BCUT2D eigenvalue weighted by Crippen LogP contribution is -2.42. The number of fused-ring (bicyclic) bond motifs is 1. The Balaban J connectivity index is 1.39. The number of nitrogens with one attached hydrogen (secondary N) is 1. The zero-order valence-corrected chi connectivity index (χ0v) is 28.8. The van der Waals surface area contributed by atoms with Crippen LogP contribution in [0.3, 0.4) is 0 Å². The molecule has 2 fully saturated rings. The molecule has 1 aliphatic carbocycles. The van der Waals surface area contributed by atoms with Crippen LogP contribution in [0.5, 0.6) is 11.5 Å². The number of carbonyl (C=O) groups is 3. The number of rotatable bonds is 10. The van der Waals surface area contributed by atoms with Crippen molar-refractivity contribution in [2.75, 3.05) is 32.9 Å². The van der Waals surface area contributed by atoms with Crippen molar-refractivity contribution in [3.8, 4) is 11.5 Å². The van der Waals surface area contributed by atoms with Crippen LogP contribution < -0.4 is 16.2 Å². The smallest absolute Gasteiger partial charge is 0.341 e. The monoisotopic (exact) mass is 706 g/mol. The average molecular weight is 707 g/mol. The second kappa shape index (κ2) is 13.7. The number of H-pyrrole nitrogens is 1. The summed E-state index contributed by atoms with van der Waals surface area (Å²) >= 11 is 6.16. The van der Waals surface area contributed by atoms with Gasteiger partial charge in [0.15, 0.2) is 0 Å². The van der Waals surface area contributed by atoms with Crippen LogP contribution in [0, 0.1) is 11.8 Å². The van der Waals surface area contributed by atoms with Crippen molar-refractivity contribution in [3.63, 3.8) is 0 Å². The molecule has 2 aliphatic rings. The Hall–Kier alpha value is -4.59. The highest BCUT2D eigenvalue weighted by Crippen LogP contribution is 2.37. The van der Waals surface area contributed by atoms with Gasteiger partial charge in [-0.1, -0.05) is 36.2 Å². The largest absolute Gasteiger partial charge is 0.456 e. The first kappa shape index (κ1) is 34.3. The summed E-state index contributed by atoms with van der Waals surface area (Å²) in [4.78, 5) is 46.8. The normalized spacial score (nSPS) is 19.9. The fourth-order valence-corrected chi connectivity index (χ4v) is 8.47. The summed E-state index contributed by atoms with van der Waals surface area (Å²) in [5.74, 6) is -0.497. The summed E-state index contributed by atoms with van der Waals surface area (Å²) in [5.41, 5.74) is 13.5. The number of benzene rings is 3. The molecular weight excluding hydrogens is 668 g/mol. The topological polar surface area (TPSA) is 172 Å². The van der Waals surface area contributed by atoms with E-state index in [0.717, 1.165) is 41.5 Å². The summed E-state index contributed by atoms with van der Waals surface area (Å²) in [6.45, 7) is 0.618. The lowest BCUT2D eigenvalue weighted by Gasteiger charge is -2.30. The number of nitrogens with two attached hydrogens (primary N) is 2. The fraction of sp³-hybridized carbons (Fsp3) is 0.343. The van der Waals surface area contributed by atoms with E-state index in [0.29, 0.717) is 22.1 Å². The Morgan fingerprint density at radius 1 is 1.06 bits per heavy atom. The number of ether oxygens (including phenoxy) is 1. The van der Waals surface area contributed by atoms with Crippen LogP contribution in [-0.4, -0.2) is 78.6 Å². The van der Waals surface area contributed by atoms with Crippen LogP contribution in [-0.2, 0) is 21.2 Å². The number of anilines is 1. The number of hydrogen-bond acceptors (Lipinski definition) is 8. The van der Waals surface area contributed by atoms with Gasteiger partial charge in [-0.2, -0.15) is 0 Å². The molecule has 14 heteroatoms. The zero-order valence-electron chi connectivity index (χ0n) is 27.3. The Bertz CT molecular complexity index is 2030. The third-order valence-corrected chi connectivity index (χ3v) is 11.5. The maximum Gasteiger partial charge on any atom is 0.341 e. The van der Waals surface area contributed by atoms with Gasteiger partial charge in [0.05, 0.1) is 21.2 Å². The van der Waals surface area contributed by atoms with E-state index >= 15 is 0 Å². The van der Waals surface area contributed by atoms with Gasteiger partial charge >= 0.3 is 6.03 Å². The summed E-state index contributed by atoms with van der Waals surface area (Å²) in [7, 11) is -1.63. The molecule has 6 rings (SSSR count). The summed E-state index contributed by atoms with van der Waals surface area (Å²) in [6, 6.07) is 13.6. The van der Waals surface area contributed by atoms with Crippen LogP contribution in [0.2, 0.25) is 5.02 Å². The third kappa shape index (κ3) is 6.70. The Morgan fingerprint density at radius 2 is 1.82 bits per heavy atom. The number of halogens is 1. The van der Waals surface area contributed by atoms with Crippen LogP contribution in [0.25, 0.3) is 10.9 Å². The van der Waals surface area contributed by atoms with E-state index in [4.69, 9.17) is 27.8 Å². The first-order chi connectivity index (χ1) is 23.4. The molecule has 1 aromatic heterocycles. The SMILES string of the molecule is CN(C)C(=O)c1cc(S(=O)(=O)N2C(=O)N(CC3CCCC(CN)C3)C(=O)C2Cc2c[nH]c3ccccc23)ccc1Oc1ccc(N)c(Cl)c1.